The van der Waals surface area contributed by atoms with Crippen LogP contribution in [0.15, 0.2) is 42.7 Å². The number of carbonyl (C=O) groups excluding carboxylic acids is 1. The maximum Gasteiger partial charge on any atom is 0.255 e. The van der Waals surface area contributed by atoms with Crippen LogP contribution in [0, 0.1) is 0 Å². The van der Waals surface area contributed by atoms with Gasteiger partial charge in [0.2, 0.25) is 6.79 Å². The predicted molar refractivity (Wildman–Crippen MR) is 113 cm³/mol. The van der Waals surface area contributed by atoms with E-state index in [4.69, 9.17) is 9.47 Å². The third kappa shape index (κ3) is 4.13. The third-order valence-electron chi connectivity index (χ3n) is 6.36. The van der Waals surface area contributed by atoms with Crippen molar-refractivity contribution < 1.29 is 14.3 Å². The number of amides is 1. The van der Waals surface area contributed by atoms with Gasteiger partial charge in [0, 0.05) is 64.2 Å². The van der Waals surface area contributed by atoms with Gasteiger partial charge in [-0.15, -0.1) is 0 Å². The van der Waals surface area contributed by atoms with Crippen LogP contribution in [-0.2, 0) is 6.54 Å². The molecule has 0 aliphatic carbocycles. The molecule has 1 aromatic heterocycles. The maximum atomic E-state index is 12.8. The summed E-state index contributed by atoms with van der Waals surface area (Å²) in [4.78, 5) is 24.0. The fourth-order valence-corrected chi connectivity index (χ4v) is 4.69. The Balaban J connectivity index is 1.14. The lowest BCUT2D eigenvalue weighted by atomic mass is 10.0. The van der Waals surface area contributed by atoms with Gasteiger partial charge in [-0.1, -0.05) is 6.07 Å². The van der Waals surface area contributed by atoms with E-state index >= 15 is 0 Å². The van der Waals surface area contributed by atoms with Crippen LogP contribution in [0.3, 0.4) is 0 Å². The number of aromatic nitrogens is 1. The molecule has 30 heavy (non-hydrogen) atoms. The normalized spacial score (nSPS) is 22.3. The lowest BCUT2D eigenvalue weighted by Crippen LogP contribution is -2.55. The molecule has 158 valence electrons. The third-order valence-corrected chi connectivity index (χ3v) is 6.36. The molecule has 7 nitrogen and oxygen atoms in total. The van der Waals surface area contributed by atoms with E-state index in [0.717, 1.165) is 63.7 Å². The van der Waals surface area contributed by atoms with E-state index in [-0.39, 0.29) is 5.91 Å². The minimum Gasteiger partial charge on any atom is -0.454 e. The number of piperidine rings is 1. The smallest absolute Gasteiger partial charge is 0.255 e. The van der Waals surface area contributed by atoms with Crippen LogP contribution < -0.4 is 9.47 Å². The van der Waals surface area contributed by atoms with Gasteiger partial charge in [-0.05, 0) is 42.7 Å². The van der Waals surface area contributed by atoms with Gasteiger partial charge in [-0.25, -0.2) is 0 Å². The largest absolute Gasteiger partial charge is 0.454 e. The number of piperazine rings is 1. The molecule has 0 N–H and O–H groups in total. The van der Waals surface area contributed by atoms with Crippen molar-refractivity contribution in [2.24, 2.45) is 0 Å². The predicted octanol–water partition coefficient (Wildman–Crippen LogP) is 2.23. The van der Waals surface area contributed by atoms with Crippen LogP contribution in [0.1, 0.15) is 28.8 Å². The number of fused-ring (bicyclic) bond motifs is 1. The molecule has 4 heterocycles. The van der Waals surface area contributed by atoms with Crippen molar-refractivity contribution in [2.45, 2.75) is 25.4 Å². The second kappa shape index (κ2) is 8.62. The molecular weight excluding hydrogens is 380 g/mol. The van der Waals surface area contributed by atoms with E-state index in [1.807, 2.05) is 23.1 Å². The Kier molecular flexibility index (Phi) is 5.55. The van der Waals surface area contributed by atoms with Crippen LogP contribution >= 0.6 is 0 Å². The Bertz CT molecular complexity index is 883. The summed E-state index contributed by atoms with van der Waals surface area (Å²) in [5.74, 6) is 1.80. The zero-order valence-corrected chi connectivity index (χ0v) is 17.2. The van der Waals surface area contributed by atoms with E-state index < -0.39 is 0 Å². The molecule has 2 saturated heterocycles. The molecule has 1 atom stereocenters. The summed E-state index contributed by atoms with van der Waals surface area (Å²) in [6, 6.07) is 10.4. The summed E-state index contributed by atoms with van der Waals surface area (Å²) in [5.41, 5.74) is 1.95. The summed E-state index contributed by atoms with van der Waals surface area (Å²) >= 11 is 0. The van der Waals surface area contributed by atoms with Crippen molar-refractivity contribution in [3.05, 3.63) is 53.9 Å². The fraction of sp³-hybridized carbons (Fsp3) is 0.478. The first-order valence-corrected chi connectivity index (χ1v) is 10.8. The monoisotopic (exact) mass is 408 g/mol. The molecule has 1 amide bonds. The van der Waals surface area contributed by atoms with Crippen LogP contribution in [0.4, 0.5) is 0 Å². The van der Waals surface area contributed by atoms with Gasteiger partial charge in [0.1, 0.15) is 0 Å². The van der Waals surface area contributed by atoms with Crippen LogP contribution in [0.2, 0.25) is 0 Å². The van der Waals surface area contributed by atoms with Crippen molar-refractivity contribution >= 4 is 5.91 Å². The van der Waals surface area contributed by atoms with Gasteiger partial charge in [0.05, 0.1) is 5.56 Å². The highest BCUT2D eigenvalue weighted by atomic mass is 16.7. The molecule has 2 fully saturated rings. The molecule has 2 aromatic rings. The Labute approximate surface area is 177 Å². The molecule has 3 aliphatic heterocycles. The average molecular weight is 409 g/mol. The molecule has 0 radical (unpaired) electrons. The Morgan fingerprint density at radius 2 is 1.93 bits per heavy atom. The first-order chi connectivity index (χ1) is 14.8. The molecule has 7 heteroatoms. The van der Waals surface area contributed by atoms with Gasteiger partial charge in [0.25, 0.3) is 5.91 Å². The molecular formula is C23H28N4O3. The lowest BCUT2D eigenvalue weighted by molar-refractivity contribution is 0.0407. The highest BCUT2D eigenvalue weighted by Crippen LogP contribution is 2.33. The number of hydrogen-bond acceptors (Lipinski definition) is 6. The van der Waals surface area contributed by atoms with Crippen molar-refractivity contribution in [1.82, 2.24) is 19.7 Å². The number of benzene rings is 1. The van der Waals surface area contributed by atoms with Gasteiger partial charge in [-0.3, -0.25) is 19.6 Å². The van der Waals surface area contributed by atoms with Gasteiger partial charge < -0.3 is 14.4 Å². The minimum atomic E-state index is 0.106. The summed E-state index contributed by atoms with van der Waals surface area (Å²) in [6.07, 6.45) is 5.60. The van der Waals surface area contributed by atoms with E-state index in [1.54, 1.807) is 12.4 Å². The highest BCUT2D eigenvalue weighted by molar-refractivity contribution is 5.93. The Morgan fingerprint density at radius 1 is 1.07 bits per heavy atom. The molecule has 1 aromatic carbocycles. The topological polar surface area (TPSA) is 58.1 Å². The number of pyridine rings is 1. The number of rotatable bonds is 4. The second-order valence-corrected chi connectivity index (χ2v) is 8.29. The molecule has 0 saturated carbocycles. The highest BCUT2D eigenvalue weighted by Gasteiger charge is 2.30. The van der Waals surface area contributed by atoms with Gasteiger partial charge in [-0.2, -0.15) is 0 Å². The Morgan fingerprint density at radius 3 is 2.77 bits per heavy atom. The summed E-state index contributed by atoms with van der Waals surface area (Å²) in [5, 5.41) is 0. The quantitative estimate of drug-likeness (QED) is 0.773. The number of likely N-dealkylation sites (tertiary alicyclic amines) is 1. The van der Waals surface area contributed by atoms with Crippen LogP contribution in [-0.4, -0.2) is 77.7 Å². The van der Waals surface area contributed by atoms with Gasteiger partial charge >= 0.3 is 0 Å². The molecule has 0 spiro atoms. The first-order valence-electron chi connectivity index (χ1n) is 10.8. The number of carbonyl (C=O) groups is 1. The number of nitrogens with zero attached hydrogens (tertiary/aromatic N) is 4. The standard InChI is InChI=1S/C23H28N4O3/c28-23(19-3-1-7-24-14-19)27-8-2-4-20(16-27)26-11-9-25(10-12-26)15-18-5-6-21-22(13-18)30-17-29-21/h1,3,5-7,13-14,20H,2,4,8-12,15-17H2. The molecule has 1 unspecified atom stereocenters. The maximum absolute atomic E-state index is 12.8. The zero-order chi connectivity index (χ0) is 20.3. The average Bonchev–Trinajstić information content (AvgIpc) is 3.28. The summed E-state index contributed by atoms with van der Waals surface area (Å²) in [6.45, 7) is 7.08. The van der Waals surface area contributed by atoms with Gasteiger partial charge in [0.15, 0.2) is 11.5 Å². The second-order valence-electron chi connectivity index (χ2n) is 8.29. The van der Waals surface area contributed by atoms with E-state index in [9.17, 15) is 4.79 Å². The number of ether oxygens (including phenoxy) is 2. The molecule has 0 bridgehead atoms. The summed E-state index contributed by atoms with van der Waals surface area (Å²) < 4.78 is 10.9. The van der Waals surface area contributed by atoms with Crippen molar-refractivity contribution in [3.63, 3.8) is 0 Å². The number of hydrogen-bond donors (Lipinski definition) is 0. The van der Waals surface area contributed by atoms with Crippen molar-refractivity contribution in [2.75, 3.05) is 46.1 Å². The van der Waals surface area contributed by atoms with Crippen molar-refractivity contribution in [3.8, 4) is 11.5 Å². The lowest BCUT2D eigenvalue weighted by Gasteiger charge is -2.43. The zero-order valence-electron chi connectivity index (χ0n) is 17.2. The molecule has 3 aliphatic rings. The SMILES string of the molecule is O=C(c1cccnc1)N1CCCC(N2CCN(Cc3ccc4c(c3)OCO4)CC2)C1. The van der Waals surface area contributed by atoms with E-state index in [0.29, 0.717) is 18.4 Å². The van der Waals surface area contributed by atoms with Crippen molar-refractivity contribution in [1.29, 1.82) is 0 Å². The fourth-order valence-electron chi connectivity index (χ4n) is 4.69. The van der Waals surface area contributed by atoms with Crippen LogP contribution in [0.5, 0.6) is 11.5 Å². The summed E-state index contributed by atoms with van der Waals surface area (Å²) in [7, 11) is 0. The molecule has 5 rings (SSSR count). The van der Waals surface area contributed by atoms with E-state index in [2.05, 4.69) is 26.9 Å². The minimum absolute atomic E-state index is 0.106. The Hall–Kier alpha value is -2.64. The van der Waals surface area contributed by atoms with E-state index in [1.165, 1.54) is 12.0 Å². The van der Waals surface area contributed by atoms with Crippen LogP contribution in [0.25, 0.3) is 0 Å². The first kappa shape index (κ1) is 19.3.